The van der Waals surface area contributed by atoms with Crippen molar-refractivity contribution in [1.29, 1.82) is 0 Å². The zero-order valence-corrected chi connectivity index (χ0v) is 99.7. The Kier molecular flexibility index (Phi) is 327. The van der Waals surface area contributed by atoms with E-state index in [0.717, 1.165) is 0 Å². The molecule has 70 heteroatoms. The van der Waals surface area contributed by atoms with Gasteiger partial charge >= 0.3 is 29.8 Å². The predicted octanol–water partition coefficient (Wildman–Crippen LogP) is 42.6. The molecule has 0 atom stereocenters. The lowest BCUT2D eigenvalue weighted by atomic mass is 10.8. The quantitative estimate of drug-likeness (QED) is 0.149. The molecule has 0 heterocycles. The van der Waals surface area contributed by atoms with Gasteiger partial charge in [-0.25, -0.2) is 0 Å². The normalized spacial score (nSPS) is 8.64. The average Bonchev–Trinajstić information content (AvgIpc) is 1.47. The van der Waals surface area contributed by atoms with Crippen LogP contribution in [0, 0.1) is 0 Å². The maximum Gasteiger partial charge on any atom is 0.302 e. The largest absolute Gasteiger partial charge is 0.466 e. The van der Waals surface area contributed by atoms with E-state index in [1.165, 1.54) is 34.6 Å². The summed E-state index contributed by atoms with van der Waals surface area (Å²) in [6.07, 6.45) is 0. The second-order valence-corrected chi connectivity index (χ2v) is 49.2. The molecule has 700 valence electrons. The molecule has 0 aliphatic carbocycles. The van der Waals surface area contributed by atoms with Crippen LogP contribution in [0.15, 0.2) is 0 Å². The van der Waals surface area contributed by atoms with E-state index in [0.29, 0.717) is 33.0 Å². The molecule has 0 rings (SSSR count). The standard InChI is InChI=1S/5C4H8O2.20CHCl3/c5*1-3-6-4(2)5;20*2-1(3)4/h5*3H2,1-2H3;20*1H. The first kappa shape index (κ1) is 192. The fourth-order valence-electron chi connectivity index (χ4n) is 1.02. The molecule has 0 unspecified atom stereocenters. The molecule has 0 radical (unpaired) electrons. The maximum atomic E-state index is 9.82. The van der Waals surface area contributed by atoms with Crippen LogP contribution >= 0.6 is 696 Å². The molecule has 10 nitrogen and oxygen atoms in total. The summed E-state index contributed by atoms with van der Waals surface area (Å²) in [6.45, 7) is 18.3. The zero-order chi connectivity index (χ0) is 96.5. The van der Waals surface area contributed by atoms with Crippen LogP contribution < -0.4 is 0 Å². The van der Waals surface area contributed by atoms with E-state index in [1.807, 2.05) is 0 Å². The van der Waals surface area contributed by atoms with E-state index < -0.39 is 85.9 Å². The summed E-state index contributed by atoms with van der Waals surface area (Å²) in [5.41, 5.74) is 0. The fraction of sp³-hybridized carbons (Fsp3) is 0.875. The van der Waals surface area contributed by atoms with E-state index in [2.05, 4.69) is 23.7 Å². The molecule has 0 N–H and O–H groups in total. The lowest BCUT2D eigenvalue weighted by Gasteiger charge is -1.89. The van der Waals surface area contributed by atoms with E-state index in [4.69, 9.17) is 696 Å². The first-order valence-electron chi connectivity index (χ1n) is 22.6. The van der Waals surface area contributed by atoms with Gasteiger partial charge in [0.25, 0.3) is 0 Å². The molecule has 0 amide bonds. The summed E-state index contributed by atoms with van der Waals surface area (Å²) < 4.78 is 7.01. The van der Waals surface area contributed by atoms with Gasteiger partial charge in [-0.15, -0.1) is 0 Å². The number of rotatable bonds is 5. The number of alkyl halides is 60. The van der Waals surface area contributed by atoms with Crippen LogP contribution in [-0.2, 0) is 47.7 Å². The summed E-state index contributed by atoms with van der Waals surface area (Å²) in [7, 11) is 0. The molecule has 0 aromatic heterocycles. The van der Waals surface area contributed by atoms with Crippen LogP contribution in [0.1, 0.15) is 69.2 Å². The van der Waals surface area contributed by atoms with Crippen molar-refractivity contribution in [3.05, 3.63) is 0 Å². The van der Waals surface area contributed by atoms with Crippen LogP contribution in [0.25, 0.3) is 0 Å². The van der Waals surface area contributed by atoms with Crippen molar-refractivity contribution in [1.82, 2.24) is 0 Å². The molecule has 0 spiro atoms. The summed E-state index contributed by atoms with van der Waals surface area (Å²) >= 11 is 288. The van der Waals surface area contributed by atoms with Crippen molar-refractivity contribution in [3.63, 3.8) is 0 Å². The van der Waals surface area contributed by atoms with Crippen LogP contribution in [0.5, 0.6) is 0 Å². The van der Waals surface area contributed by atoms with Crippen LogP contribution in [0.3, 0.4) is 0 Å². The Balaban J connectivity index is -0.0000000298. The van der Waals surface area contributed by atoms with Crippen molar-refractivity contribution in [2.75, 3.05) is 33.0 Å². The topological polar surface area (TPSA) is 132 Å². The Morgan fingerprint density at radius 3 is 0.164 bits per heavy atom. The number of hydrogen-bond donors (Lipinski definition) is 0. The SMILES string of the molecule is CCOC(C)=O.CCOC(C)=O.CCOC(C)=O.CCOC(C)=O.CCOC(C)=O.ClC(Cl)Cl.ClC(Cl)Cl.ClC(Cl)Cl.ClC(Cl)Cl.ClC(Cl)Cl.ClC(Cl)Cl.ClC(Cl)Cl.ClC(Cl)Cl.ClC(Cl)Cl.ClC(Cl)Cl.ClC(Cl)Cl.ClC(Cl)Cl.ClC(Cl)Cl.ClC(Cl)Cl.ClC(Cl)Cl.ClC(Cl)Cl.ClC(Cl)Cl.ClC(Cl)Cl.ClC(Cl)Cl.ClC(Cl)Cl. The molecule has 0 aliphatic rings. The monoisotopic (exact) mass is 2800 g/mol. The van der Waals surface area contributed by atoms with Gasteiger partial charge in [0.2, 0.25) is 0 Å². The molecule has 0 aromatic rings. The lowest BCUT2D eigenvalue weighted by Crippen LogP contribution is -1.95. The minimum Gasteiger partial charge on any atom is -0.466 e. The first-order chi connectivity index (χ1) is 48.5. The summed E-state index contributed by atoms with van der Waals surface area (Å²) in [6, 6.07) is 0. The third-order valence-electron chi connectivity index (χ3n) is 1.74. The van der Waals surface area contributed by atoms with Crippen molar-refractivity contribution in [2.45, 2.75) is 155 Å². The molecule has 0 saturated heterocycles. The van der Waals surface area contributed by atoms with Gasteiger partial charge < -0.3 is 23.7 Å². The number of carbonyl (C=O) groups is 5. The fourth-order valence-corrected chi connectivity index (χ4v) is 1.02. The highest BCUT2D eigenvalue weighted by atomic mass is 35.6. The van der Waals surface area contributed by atoms with Crippen molar-refractivity contribution in [3.8, 4) is 0 Å². The number of carbonyl (C=O) groups excluding carboxylic acids is 5. The van der Waals surface area contributed by atoms with Gasteiger partial charge in [-0.05, 0) is 34.6 Å². The third-order valence-corrected chi connectivity index (χ3v) is 1.74. The van der Waals surface area contributed by atoms with Gasteiger partial charge in [0.1, 0.15) is 0 Å². The smallest absolute Gasteiger partial charge is 0.302 e. The molecule has 0 fully saturated rings. The molecule has 0 bridgehead atoms. The highest BCUT2D eigenvalue weighted by molar-refractivity contribution is 6.70. The van der Waals surface area contributed by atoms with Gasteiger partial charge in [-0.2, -0.15) is 0 Å². The van der Waals surface area contributed by atoms with E-state index >= 15 is 0 Å². The Hall–Kier alpha value is 14.7. The summed E-state index contributed by atoms with van der Waals surface area (Å²) in [5.74, 6) is -1.05. The first-order valence-corrected chi connectivity index (χ1v) is 48.8. The highest BCUT2D eigenvalue weighted by Crippen LogP contribution is 2.11. The van der Waals surface area contributed by atoms with Gasteiger partial charge in [-0.3, -0.25) is 24.0 Å². The summed E-state index contributed by atoms with van der Waals surface area (Å²) in [5, 5.41) is 0. The zero-order valence-electron chi connectivity index (χ0n) is 54.3. The molecular formula is C40H60Cl60O10. The number of ether oxygens (including phenoxy) is 5. The third kappa shape index (κ3) is 2060. The second kappa shape index (κ2) is 187. The van der Waals surface area contributed by atoms with Crippen LogP contribution in [-0.4, -0.2) is 149 Å². The number of halogens is 60. The van der Waals surface area contributed by atoms with E-state index in [-0.39, 0.29) is 29.8 Å². The lowest BCUT2D eigenvalue weighted by molar-refractivity contribution is -0.141. The number of hydrogen-bond acceptors (Lipinski definition) is 10. The van der Waals surface area contributed by atoms with E-state index in [9.17, 15) is 24.0 Å². The minimum absolute atomic E-state index is 0.211. The van der Waals surface area contributed by atoms with Crippen molar-refractivity contribution in [2.24, 2.45) is 0 Å². The molecule has 0 aromatic carbocycles. The van der Waals surface area contributed by atoms with Gasteiger partial charge in [0, 0.05) is 34.6 Å². The van der Waals surface area contributed by atoms with Gasteiger partial charge in [0.15, 0.2) is 85.9 Å². The maximum absolute atomic E-state index is 9.82. The Morgan fingerprint density at radius 1 is 0.136 bits per heavy atom. The number of esters is 5. The van der Waals surface area contributed by atoms with Crippen LogP contribution in [0.4, 0.5) is 0 Å². The summed E-state index contributed by atoms with van der Waals surface area (Å²) in [4.78, 5) is 49.1. The Labute approximate surface area is 946 Å². The van der Waals surface area contributed by atoms with Crippen molar-refractivity contribution >= 4 is 726 Å². The average molecular weight is 2830 g/mol. The highest BCUT2D eigenvalue weighted by Gasteiger charge is 1.89. The van der Waals surface area contributed by atoms with Gasteiger partial charge in [-0.1, -0.05) is 696 Å². The minimum atomic E-state index is -0.750. The second-order valence-electron chi connectivity index (χ2n) is 9.57. The van der Waals surface area contributed by atoms with E-state index in [1.54, 1.807) is 34.6 Å². The Bertz CT molecular complexity index is 1010. The molecule has 0 saturated carbocycles. The molecule has 0 aliphatic heterocycles. The Morgan fingerprint density at radius 2 is 0.164 bits per heavy atom. The van der Waals surface area contributed by atoms with Crippen molar-refractivity contribution < 1.29 is 47.7 Å². The van der Waals surface area contributed by atoms with Crippen LogP contribution in [0.2, 0.25) is 0 Å². The van der Waals surface area contributed by atoms with Gasteiger partial charge in [0.05, 0.1) is 33.0 Å². The molecular weight excluding hydrogens is 2770 g/mol. The predicted molar refractivity (Wildman–Crippen MR) is 538 cm³/mol. The molecule has 110 heavy (non-hydrogen) atoms.